The van der Waals surface area contributed by atoms with Gasteiger partial charge < -0.3 is 5.11 Å². The van der Waals surface area contributed by atoms with E-state index < -0.39 is 11.4 Å². The molecule has 1 aromatic carbocycles. The van der Waals surface area contributed by atoms with Crippen LogP contribution in [0.5, 0.6) is 0 Å². The minimum absolute atomic E-state index is 0.245. The molecule has 20 heavy (non-hydrogen) atoms. The van der Waals surface area contributed by atoms with Crippen LogP contribution in [0.4, 0.5) is 0 Å². The van der Waals surface area contributed by atoms with Crippen molar-refractivity contribution in [3.8, 4) is 0 Å². The number of carboxylic acids is 1. The Kier molecular flexibility index (Phi) is 4.58. The van der Waals surface area contributed by atoms with Crippen molar-refractivity contribution in [2.75, 3.05) is 0 Å². The highest BCUT2D eigenvalue weighted by Crippen LogP contribution is 2.60. The molecule has 0 radical (unpaired) electrons. The lowest BCUT2D eigenvalue weighted by atomic mass is 9.48. The van der Waals surface area contributed by atoms with Crippen LogP contribution in [0.1, 0.15) is 57.9 Å². The summed E-state index contributed by atoms with van der Waals surface area (Å²) in [6.07, 6.45) is 6.14. The van der Waals surface area contributed by atoms with Gasteiger partial charge >= 0.3 is 5.97 Å². The fraction of sp³-hybridized carbons (Fsp3) is 0.588. The molecule has 0 heterocycles. The average Bonchev–Trinajstić information content (AvgIpc) is 2.36. The Bertz CT molecular complexity index is 464. The SMILES string of the molecule is CCCC1(CCC)CC(C(=O)O)(c2ccc(Br)cc2)C1. The van der Waals surface area contributed by atoms with Gasteiger partial charge in [-0.2, -0.15) is 0 Å². The maximum absolute atomic E-state index is 11.9. The van der Waals surface area contributed by atoms with Gasteiger partial charge in [-0.3, -0.25) is 4.79 Å². The molecule has 2 rings (SSSR count). The quantitative estimate of drug-likeness (QED) is 0.778. The van der Waals surface area contributed by atoms with E-state index >= 15 is 0 Å². The molecule has 1 aromatic rings. The highest BCUT2D eigenvalue weighted by Gasteiger charge is 2.58. The molecular weight excluding hydrogens is 316 g/mol. The first-order valence-electron chi connectivity index (χ1n) is 7.47. The van der Waals surface area contributed by atoms with E-state index in [-0.39, 0.29) is 5.41 Å². The van der Waals surface area contributed by atoms with E-state index in [9.17, 15) is 9.90 Å². The van der Waals surface area contributed by atoms with E-state index in [4.69, 9.17) is 0 Å². The molecule has 2 nitrogen and oxygen atoms in total. The van der Waals surface area contributed by atoms with Crippen molar-refractivity contribution in [1.29, 1.82) is 0 Å². The zero-order valence-electron chi connectivity index (χ0n) is 12.3. The largest absolute Gasteiger partial charge is 0.481 e. The second-order valence-electron chi connectivity index (χ2n) is 6.25. The third-order valence-corrected chi connectivity index (χ3v) is 5.25. The Hall–Kier alpha value is -0.830. The summed E-state index contributed by atoms with van der Waals surface area (Å²) in [7, 11) is 0. The van der Waals surface area contributed by atoms with Gasteiger partial charge in [0.25, 0.3) is 0 Å². The Balaban J connectivity index is 2.27. The van der Waals surface area contributed by atoms with Crippen LogP contribution in [-0.4, -0.2) is 11.1 Å². The molecule has 0 saturated heterocycles. The third-order valence-electron chi connectivity index (χ3n) is 4.72. The van der Waals surface area contributed by atoms with E-state index in [0.29, 0.717) is 0 Å². The van der Waals surface area contributed by atoms with E-state index in [2.05, 4.69) is 29.8 Å². The van der Waals surface area contributed by atoms with Crippen LogP contribution in [-0.2, 0) is 10.2 Å². The molecule has 110 valence electrons. The van der Waals surface area contributed by atoms with Crippen molar-refractivity contribution in [3.63, 3.8) is 0 Å². The number of carboxylic acid groups (broad SMARTS) is 1. The lowest BCUT2D eigenvalue weighted by Crippen LogP contribution is -2.54. The highest BCUT2D eigenvalue weighted by molar-refractivity contribution is 9.10. The fourth-order valence-electron chi connectivity index (χ4n) is 4.02. The van der Waals surface area contributed by atoms with Crippen LogP contribution in [0, 0.1) is 5.41 Å². The van der Waals surface area contributed by atoms with Crippen molar-refractivity contribution < 1.29 is 9.90 Å². The molecule has 1 saturated carbocycles. The molecule has 1 aliphatic rings. The van der Waals surface area contributed by atoms with Crippen LogP contribution in [0.25, 0.3) is 0 Å². The van der Waals surface area contributed by atoms with Crippen LogP contribution >= 0.6 is 15.9 Å². The van der Waals surface area contributed by atoms with Crippen molar-refractivity contribution in [2.24, 2.45) is 5.41 Å². The first-order valence-corrected chi connectivity index (χ1v) is 8.27. The van der Waals surface area contributed by atoms with Crippen LogP contribution in [0.2, 0.25) is 0 Å². The van der Waals surface area contributed by atoms with E-state index in [1.165, 1.54) is 0 Å². The van der Waals surface area contributed by atoms with Gasteiger partial charge in [0.05, 0.1) is 5.41 Å². The van der Waals surface area contributed by atoms with Crippen LogP contribution < -0.4 is 0 Å². The summed E-state index contributed by atoms with van der Waals surface area (Å²) in [5.41, 5.74) is 0.538. The standard InChI is InChI=1S/C17H23BrO2/c1-3-9-16(10-4-2)11-17(12-16,15(19)20)13-5-7-14(18)8-6-13/h5-8H,3-4,9-12H2,1-2H3,(H,19,20). The number of hydrogen-bond acceptors (Lipinski definition) is 1. The number of rotatable bonds is 6. The third kappa shape index (κ3) is 2.65. The van der Waals surface area contributed by atoms with E-state index in [1.54, 1.807) is 0 Å². The second kappa shape index (κ2) is 5.88. The molecule has 0 amide bonds. The molecule has 0 unspecified atom stereocenters. The average molecular weight is 339 g/mol. The maximum Gasteiger partial charge on any atom is 0.314 e. The topological polar surface area (TPSA) is 37.3 Å². The highest BCUT2D eigenvalue weighted by atomic mass is 79.9. The maximum atomic E-state index is 11.9. The Morgan fingerprint density at radius 1 is 1.15 bits per heavy atom. The number of hydrogen-bond donors (Lipinski definition) is 1. The zero-order chi connectivity index (χ0) is 14.8. The fourth-order valence-corrected chi connectivity index (χ4v) is 4.28. The second-order valence-corrected chi connectivity index (χ2v) is 7.16. The Morgan fingerprint density at radius 2 is 1.65 bits per heavy atom. The van der Waals surface area contributed by atoms with Crippen molar-refractivity contribution in [1.82, 2.24) is 0 Å². The lowest BCUT2D eigenvalue weighted by Gasteiger charge is -2.55. The lowest BCUT2D eigenvalue weighted by molar-refractivity contribution is -0.155. The molecule has 0 aliphatic heterocycles. The van der Waals surface area contributed by atoms with Gasteiger partial charge in [0.2, 0.25) is 0 Å². The number of benzene rings is 1. The van der Waals surface area contributed by atoms with Gasteiger partial charge in [-0.05, 0) is 48.8 Å². The Morgan fingerprint density at radius 3 is 2.05 bits per heavy atom. The van der Waals surface area contributed by atoms with Crippen molar-refractivity contribution >= 4 is 21.9 Å². The molecule has 0 bridgehead atoms. The molecule has 0 spiro atoms. The van der Waals surface area contributed by atoms with Gasteiger partial charge in [0.15, 0.2) is 0 Å². The minimum Gasteiger partial charge on any atom is -0.481 e. The monoisotopic (exact) mass is 338 g/mol. The van der Waals surface area contributed by atoms with Gasteiger partial charge in [-0.1, -0.05) is 54.8 Å². The molecule has 3 heteroatoms. The van der Waals surface area contributed by atoms with Crippen LogP contribution in [0.15, 0.2) is 28.7 Å². The van der Waals surface area contributed by atoms with Crippen molar-refractivity contribution in [2.45, 2.75) is 57.8 Å². The molecule has 1 N–H and O–H groups in total. The summed E-state index contributed by atoms with van der Waals surface area (Å²) < 4.78 is 0.995. The predicted octanol–water partition coefficient (Wildman–Crippen LogP) is 5.15. The smallest absolute Gasteiger partial charge is 0.314 e. The van der Waals surface area contributed by atoms with Gasteiger partial charge in [-0.15, -0.1) is 0 Å². The summed E-state index contributed by atoms with van der Waals surface area (Å²) in [5, 5.41) is 9.76. The first kappa shape index (κ1) is 15.6. The van der Waals surface area contributed by atoms with Crippen molar-refractivity contribution in [3.05, 3.63) is 34.3 Å². The number of carbonyl (C=O) groups is 1. The molecule has 1 fully saturated rings. The molecule has 0 atom stereocenters. The summed E-state index contributed by atoms with van der Waals surface area (Å²) in [5.74, 6) is -0.664. The summed E-state index contributed by atoms with van der Waals surface area (Å²) in [6, 6.07) is 7.80. The normalized spacial score (nSPS) is 19.4. The van der Waals surface area contributed by atoms with Crippen LogP contribution in [0.3, 0.4) is 0 Å². The molecular formula is C17H23BrO2. The zero-order valence-corrected chi connectivity index (χ0v) is 13.9. The summed E-state index contributed by atoms with van der Waals surface area (Å²) >= 11 is 3.41. The van der Waals surface area contributed by atoms with Gasteiger partial charge in [0.1, 0.15) is 0 Å². The molecule has 0 aromatic heterocycles. The predicted molar refractivity (Wildman–Crippen MR) is 84.9 cm³/mol. The first-order chi connectivity index (χ1) is 9.48. The number of halogens is 1. The van der Waals surface area contributed by atoms with Gasteiger partial charge in [-0.25, -0.2) is 0 Å². The summed E-state index contributed by atoms with van der Waals surface area (Å²) in [6.45, 7) is 4.38. The molecule has 1 aliphatic carbocycles. The van der Waals surface area contributed by atoms with Gasteiger partial charge in [0, 0.05) is 4.47 Å². The van der Waals surface area contributed by atoms with E-state index in [0.717, 1.165) is 48.6 Å². The summed E-state index contributed by atoms with van der Waals surface area (Å²) in [4.78, 5) is 11.9. The van der Waals surface area contributed by atoms with E-state index in [1.807, 2.05) is 24.3 Å². The minimum atomic E-state index is -0.664. The number of aliphatic carboxylic acids is 1. The Labute approximate surface area is 129 Å².